The second-order valence-corrected chi connectivity index (χ2v) is 7.57. The number of fused-ring (bicyclic) bond motifs is 1. The SMILES string of the molecule is c1cc2n(c1)CCNC2C1C2CC3CC(C2)CC1C3. The Morgan fingerprint density at radius 1 is 1.00 bits per heavy atom. The molecule has 0 spiro atoms. The van der Waals surface area contributed by atoms with E-state index < -0.39 is 0 Å². The number of nitrogens with one attached hydrogen (secondary N) is 1. The summed E-state index contributed by atoms with van der Waals surface area (Å²) in [6.07, 6.45) is 9.99. The summed E-state index contributed by atoms with van der Waals surface area (Å²) in [5.74, 6) is 5.16. The molecule has 1 N–H and O–H groups in total. The Morgan fingerprint density at radius 3 is 2.47 bits per heavy atom. The van der Waals surface area contributed by atoms with Gasteiger partial charge in [-0.05, 0) is 73.8 Å². The Bertz CT molecular complexity index is 461. The van der Waals surface area contributed by atoms with Gasteiger partial charge in [-0.3, -0.25) is 0 Å². The summed E-state index contributed by atoms with van der Waals surface area (Å²) in [6, 6.07) is 5.26. The first-order chi connectivity index (χ1) is 9.38. The molecule has 4 aliphatic carbocycles. The molecule has 19 heavy (non-hydrogen) atoms. The summed E-state index contributed by atoms with van der Waals surface area (Å²) in [4.78, 5) is 0. The molecule has 4 bridgehead atoms. The Hall–Kier alpha value is -0.760. The van der Waals surface area contributed by atoms with Crippen LogP contribution in [0, 0.1) is 29.6 Å². The first-order valence-corrected chi connectivity index (χ1v) is 8.27. The molecule has 1 unspecified atom stereocenters. The molecule has 0 amide bonds. The molecule has 4 fully saturated rings. The second kappa shape index (κ2) is 3.88. The van der Waals surface area contributed by atoms with Gasteiger partial charge < -0.3 is 9.88 Å². The van der Waals surface area contributed by atoms with Gasteiger partial charge >= 0.3 is 0 Å². The molecule has 102 valence electrons. The molecule has 0 aromatic carbocycles. The standard InChI is InChI=1S/C17H24N2/c1-2-15-17(18-3-5-19(15)4-1)16-13-7-11-6-12(9-13)10-14(16)8-11/h1-2,4,11-14,16-18H,3,5-10H2. The summed E-state index contributed by atoms with van der Waals surface area (Å²) in [6.45, 7) is 2.32. The van der Waals surface area contributed by atoms with Crippen molar-refractivity contribution in [1.29, 1.82) is 0 Å². The number of nitrogens with zero attached hydrogens (tertiary/aromatic N) is 1. The predicted molar refractivity (Wildman–Crippen MR) is 75.7 cm³/mol. The third-order valence-electron chi connectivity index (χ3n) is 6.58. The van der Waals surface area contributed by atoms with Crippen molar-refractivity contribution in [1.82, 2.24) is 9.88 Å². The first kappa shape index (κ1) is 11.0. The summed E-state index contributed by atoms with van der Waals surface area (Å²) in [7, 11) is 0. The second-order valence-electron chi connectivity index (χ2n) is 7.57. The van der Waals surface area contributed by atoms with Gasteiger partial charge in [0.05, 0.1) is 6.04 Å². The van der Waals surface area contributed by atoms with E-state index >= 15 is 0 Å². The van der Waals surface area contributed by atoms with Crippen LogP contribution in [-0.4, -0.2) is 11.1 Å². The van der Waals surface area contributed by atoms with Gasteiger partial charge in [-0.15, -0.1) is 0 Å². The van der Waals surface area contributed by atoms with Crippen LogP contribution in [-0.2, 0) is 6.54 Å². The van der Waals surface area contributed by atoms with E-state index in [4.69, 9.17) is 0 Å². The summed E-state index contributed by atoms with van der Waals surface area (Å²) in [5, 5.41) is 3.87. The molecular weight excluding hydrogens is 232 g/mol. The minimum atomic E-state index is 0.652. The van der Waals surface area contributed by atoms with Crippen molar-refractivity contribution in [3.8, 4) is 0 Å². The maximum absolute atomic E-state index is 3.87. The van der Waals surface area contributed by atoms with Crippen LogP contribution in [0.4, 0.5) is 0 Å². The highest BCUT2D eigenvalue weighted by Gasteiger charge is 2.51. The molecule has 0 saturated heterocycles. The highest BCUT2D eigenvalue weighted by molar-refractivity contribution is 5.18. The van der Waals surface area contributed by atoms with Crippen molar-refractivity contribution in [2.75, 3.05) is 6.54 Å². The minimum Gasteiger partial charge on any atom is -0.349 e. The lowest BCUT2D eigenvalue weighted by atomic mass is 9.50. The Kier molecular flexibility index (Phi) is 2.24. The van der Waals surface area contributed by atoms with Gasteiger partial charge in [-0.1, -0.05) is 0 Å². The predicted octanol–water partition coefficient (Wildman–Crippen LogP) is 3.20. The molecule has 1 aliphatic heterocycles. The van der Waals surface area contributed by atoms with Gasteiger partial charge in [0.2, 0.25) is 0 Å². The van der Waals surface area contributed by atoms with Gasteiger partial charge in [0.25, 0.3) is 0 Å². The van der Waals surface area contributed by atoms with Crippen LogP contribution in [0.5, 0.6) is 0 Å². The highest BCUT2D eigenvalue weighted by Crippen LogP contribution is 2.59. The lowest BCUT2D eigenvalue weighted by Gasteiger charge is -2.57. The van der Waals surface area contributed by atoms with Gasteiger partial charge in [0.1, 0.15) is 0 Å². The summed E-state index contributed by atoms with van der Waals surface area (Å²) >= 11 is 0. The van der Waals surface area contributed by atoms with Crippen molar-refractivity contribution >= 4 is 0 Å². The summed E-state index contributed by atoms with van der Waals surface area (Å²) in [5.41, 5.74) is 1.57. The number of rotatable bonds is 1. The van der Waals surface area contributed by atoms with Crippen molar-refractivity contribution in [3.05, 3.63) is 24.0 Å². The van der Waals surface area contributed by atoms with Crippen molar-refractivity contribution in [2.45, 2.75) is 44.7 Å². The highest BCUT2D eigenvalue weighted by atomic mass is 15.1. The molecule has 1 aromatic heterocycles. The fraction of sp³-hybridized carbons (Fsp3) is 0.765. The van der Waals surface area contributed by atoms with Crippen molar-refractivity contribution in [3.63, 3.8) is 0 Å². The molecule has 1 atom stereocenters. The summed E-state index contributed by atoms with van der Waals surface area (Å²) < 4.78 is 2.49. The van der Waals surface area contributed by atoms with Crippen molar-refractivity contribution < 1.29 is 0 Å². The maximum atomic E-state index is 3.87. The van der Waals surface area contributed by atoms with Crippen LogP contribution in [0.15, 0.2) is 18.3 Å². The van der Waals surface area contributed by atoms with Crippen LogP contribution >= 0.6 is 0 Å². The normalized spacial score (nSPS) is 47.4. The van der Waals surface area contributed by atoms with E-state index in [2.05, 4.69) is 28.2 Å². The average molecular weight is 256 g/mol. The molecule has 5 aliphatic rings. The first-order valence-electron chi connectivity index (χ1n) is 8.27. The Labute approximate surface area is 115 Å². The molecule has 6 rings (SSSR count). The quantitative estimate of drug-likeness (QED) is 0.816. The lowest BCUT2D eigenvalue weighted by Crippen LogP contribution is -2.51. The number of hydrogen-bond acceptors (Lipinski definition) is 1. The lowest BCUT2D eigenvalue weighted by molar-refractivity contribution is -0.0550. The molecule has 2 nitrogen and oxygen atoms in total. The van der Waals surface area contributed by atoms with E-state index in [9.17, 15) is 0 Å². The van der Waals surface area contributed by atoms with Gasteiger partial charge in [-0.2, -0.15) is 0 Å². The number of hydrogen-bond donors (Lipinski definition) is 1. The van der Waals surface area contributed by atoms with E-state index in [1.165, 1.54) is 25.7 Å². The smallest absolute Gasteiger partial charge is 0.0509 e. The Balaban J connectivity index is 1.51. The van der Waals surface area contributed by atoms with Crippen molar-refractivity contribution in [2.24, 2.45) is 29.6 Å². The number of aromatic nitrogens is 1. The fourth-order valence-electron chi connectivity index (χ4n) is 6.20. The minimum absolute atomic E-state index is 0.652. The van der Waals surface area contributed by atoms with Gasteiger partial charge in [0, 0.05) is 25.0 Å². The molecular formula is C17H24N2. The van der Waals surface area contributed by atoms with E-state index in [1.54, 1.807) is 12.1 Å². The fourth-order valence-corrected chi connectivity index (χ4v) is 6.20. The van der Waals surface area contributed by atoms with Crippen LogP contribution in [0.1, 0.15) is 43.8 Å². The molecule has 4 saturated carbocycles. The van der Waals surface area contributed by atoms with E-state index in [-0.39, 0.29) is 0 Å². The third-order valence-corrected chi connectivity index (χ3v) is 6.58. The molecule has 1 aromatic rings. The van der Waals surface area contributed by atoms with Crippen LogP contribution < -0.4 is 5.32 Å². The van der Waals surface area contributed by atoms with Gasteiger partial charge in [0.15, 0.2) is 0 Å². The molecule has 2 heterocycles. The van der Waals surface area contributed by atoms with Crippen LogP contribution in [0.2, 0.25) is 0 Å². The Morgan fingerprint density at radius 2 is 1.74 bits per heavy atom. The topological polar surface area (TPSA) is 17.0 Å². The zero-order valence-electron chi connectivity index (χ0n) is 11.6. The largest absolute Gasteiger partial charge is 0.349 e. The van der Waals surface area contributed by atoms with E-state index in [1.807, 2.05) is 0 Å². The maximum Gasteiger partial charge on any atom is 0.0509 e. The zero-order valence-corrected chi connectivity index (χ0v) is 11.6. The van der Waals surface area contributed by atoms with Crippen LogP contribution in [0.3, 0.4) is 0 Å². The van der Waals surface area contributed by atoms with Crippen LogP contribution in [0.25, 0.3) is 0 Å². The average Bonchev–Trinajstić information content (AvgIpc) is 2.86. The third kappa shape index (κ3) is 1.53. The monoisotopic (exact) mass is 256 g/mol. The molecule has 0 radical (unpaired) electrons. The van der Waals surface area contributed by atoms with E-state index in [0.29, 0.717) is 6.04 Å². The van der Waals surface area contributed by atoms with Gasteiger partial charge in [-0.25, -0.2) is 0 Å². The zero-order chi connectivity index (χ0) is 12.4. The van der Waals surface area contributed by atoms with E-state index in [0.717, 1.165) is 42.7 Å². The molecule has 2 heteroatoms.